The number of furan rings is 2. The van der Waals surface area contributed by atoms with E-state index in [0.29, 0.717) is 11.6 Å². The van der Waals surface area contributed by atoms with Crippen molar-refractivity contribution < 1.29 is 8.83 Å². The van der Waals surface area contributed by atoms with E-state index in [1.807, 2.05) is 30.3 Å². The zero-order valence-corrected chi connectivity index (χ0v) is 28.8. The summed E-state index contributed by atoms with van der Waals surface area (Å²) < 4.78 is 12.7. The van der Waals surface area contributed by atoms with E-state index in [1.165, 1.54) is 5.39 Å². The van der Waals surface area contributed by atoms with Gasteiger partial charge in [0.25, 0.3) is 0 Å². The molecule has 3 aromatic heterocycles. The predicted octanol–water partition coefficient (Wildman–Crippen LogP) is 12.6. The Morgan fingerprint density at radius 2 is 1.15 bits per heavy atom. The number of nitrogens with zero attached hydrogens (tertiary/aromatic N) is 3. The second kappa shape index (κ2) is 11.6. The van der Waals surface area contributed by atoms with E-state index in [0.717, 1.165) is 88.5 Å². The Kier molecular flexibility index (Phi) is 6.52. The van der Waals surface area contributed by atoms with Gasteiger partial charge in [-0.3, -0.25) is 0 Å². The molecule has 5 heteroatoms. The minimum atomic E-state index is -0.134. The number of benzene rings is 7. The van der Waals surface area contributed by atoms with E-state index in [9.17, 15) is 0 Å². The lowest BCUT2D eigenvalue weighted by molar-refractivity contribution is 0.545. The van der Waals surface area contributed by atoms with Crippen LogP contribution in [-0.4, -0.2) is 15.0 Å². The van der Waals surface area contributed by atoms with Crippen LogP contribution in [-0.2, 0) is 0 Å². The van der Waals surface area contributed by atoms with Gasteiger partial charge in [0.2, 0.25) is 0 Å². The minimum absolute atomic E-state index is 0.127. The van der Waals surface area contributed by atoms with Crippen LogP contribution in [0.3, 0.4) is 0 Å². The first-order valence-electron chi connectivity index (χ1n) is 18.0. The Labute approximate surface area is 304 Å². The smallest absolute Gasteiger partial charge is 0.163 e. The first-order valence-corrected chi connectivity index (χ1v) is 18.0. The summed E-state index contributed by atoms with van der Waals surface area (Å²) in [6.45, 7) is 2.23. The fraction of sp³-hybridized carbons (Fsp3) is 0.0625. The van der Waals surface area contributed by atoms with Crippen molar-refractivity contribution in [3.8, 4) is 33.9 Å². The van der Waals surface area contributed by atoms with Crippen molar-refractivity contribution in [1.29, 1.82) is 0 Å². The molecule has 0 N–H and O–H groups in total. The summed E-state index contributed by atoms with van der Waals surface area (Å²) in [6, 6.07) is 50.7. The molecule has 250 valence electrons. The molecule has 5 nitrogen and oxygen atoms in total. The average Bonchev–Trinajstić information content (AvgIpc) is 3.79. The molecule has 11 rings (SSSR count). The maximum atomic E-state index is 6.37. The van der Waals surface area contributed by atoms with Crippen LogP contribution in [0.4, 0.5) is 0 Å². The van der Waals surface area contributed by atoms with Gasteiger partial charge in [-0.15, -0.1) is 0 Å². The lowest BCUT2D eigenvalue weighted by Crippen LogP contribution is -2.17. The minimum Gasteiger partial charge on any atom is -0.456 e. The molecule has 0 radical (unpaired) electrons. The summed E-state index contributed by atoms with van der Waals surface area (Å²) >= 11 is 0. The number of fused-ring (bicyclic) bond motifs is 8. The molecule has 2 unspecified atom stereocenters. The van der Waals surface area contributed by atoms with Gasteiger partial charge in [-0.1, -0.05) is 122 Å². The standard InChI is InChI=1S/C48H31N3O2/c1-28-21-24-42-45(37-16-7-9-19-40(37)53-42)43(28)48-50-46(32-23-22-29-11-2-3-12-30(29)25-32)49-47(51-48)33-26-31-13-4-5-14-34(31)38(27-33)35-17-10-20-41-44(35)36-15-6-8-18-39(36)52-41/h2-28,43H,1H3. The second-order valence-corrected chi connectivity index (χ2v) is 14.0. The van der Waals surface area contributed by atoms with E-state index in [4.69, 9.17) is 23.8 Å². The SMILES string of the molecule is CC1C=Cc2oc3ccccc3c2C1c1nc(-c2ccc3ccccc3c2)nc(-c2cc(-c3cccc4oc5ccccc5c34)c3ccccc3c2)n1. The van der Waals surface area contributed by atoms with Gasteiger partial charge in [-0.05, 0) is 81.1 Å². The fourth-order valence-corrected chi connectivity index (χ4v) is 8.29. The van der Waals surface area contributed by atoms with Gasteiger partial charge in [0.05, 0.1) is 5.92 Å². The van der Waals surface area contributed by atoms with Gasteiger partial charge < -0.3 is 8.83 Å². The lowest BCUT2D eigenvalue weighted by atomic mass is 9.81. The van der Waals surface area contributed by atoms with Crippen molar-refractivity contribution in [3.63, 3.8) is 0 Å². The third-order valence-electron chi connectivity index (χ3n) is 10.8. The fourth-order valence-electron chi connectivity index (χ4n) is 8.29. The Balaban J connectivity index is 1.18. The summed E-state index contributed by atoms with van der Waals surface area (Å²) in [5, 5.41) is 7.85. The van der Waals surface area contributed by atoms with Crippen molar-refractivity contribution in [1.82, 2.24) is 15.0 Å². The first-order chi connectivity index (χ1) is 26.2. The molecular weight excluding hydrogens is 651 g/mol. The van der Waals surface area contributed by atoms with Crippen molar-refractivity contribution >= 4 is 60.5 Å². The molecule has 0 fully saturated rings. The Bertz CT molecular complexity index is 3110. The molecule has 53 heavy (non-hydrogen) atoms. The maximum Gasteiger partial charge on any atom is 0.163 e. The molecule has 0 amide bonds. The zero-order chi connectivity index (χ0) is 35.0. The van der Waals surface area contributed by atoms with Gasteiger partial charge in [-0.2, -0.15) is 0 Å². The summed E-state index contributed by atoms with van der Waals surface area (Å²) in [5.41, 5.74) is 7.80. The molecule has 0 bridgehead atoms. The van der Waals surface area contributed by atoms with E-state index < -0.39 is 0 Å². The molecule has 0 saturated carbocycles. The highest BCUT2D eigenvalue weighted by molar-refractivity contribution is 6.15. The Morgan fingerprint density at radius 3 is 2.00 bits per heavy atom. The van der Waals surface area contributed by atoms with Gasteiger partial charge in [0.15, 0.2) is 11.6 Å². The summed E-state index contributed by atoms with van der Waals surface area (Å²) in [7, 11) is 0. The van der Waals surface area contributed by atoms with E-state index in [1.54, 1.807) is 0 Å². The lowest BCUT2D eigenvalue weighted by Gasteiger charge is -2.24. The number of aromatic nitrogens is 3. The largest absolute Gasteiger partial charge is 0.456 e. The van der Waals surface area contributed by atoms with Crippen molar-refractivity contribution in [2.45, 2.75) is 12.8 Å². The molecule has 1 aliphatic rings. The van der Waals surface area contributed by atoms with Crippen molar-refractivity contribution in [3.05, 3.63) is 169 Å². The summed E-state index contributed by atoms with van der Waals surface area (Å²) in [6.07, 6.45) is 4.30. The van der Waals surface area contributed by atoms with Crippen LogP contribution in [0, 0.1) is 5.92 Å². The molecule has 2 atom stereocenters. The van der Waals surface area contributed by atoms with Crippen LogP contribution in [0.5, 0.6) is 0 Å². The number of allylic oxidation sites excluding steroid dienone is 1. The Hall–Kier alpha value is -6.85. The van der Waals surface area contributed by atoms with Crippen molar-refractivity contribution in [2.24, 2.45) is 5.92 Å². The van der Waals surface area contributed by atoms with Gasteiger partial charge >= 0.3 is 0 Å². The highest BCUT2D eigenvalue weighted by Gasteiger charge is 2.33. The summed E-state index contributed by atoms with van der Waals surface area (Å²) in [4.78, 5) is 15.9. The van der Waals surface area contributed by atoms with Gasteiger partial charge in [0, 0.05) is 32.8 Å². The topological polar surface area (TPSA) is 65.0 Å². The summed E-state index contributed by atoms with van der Waals surface area (Å²) in [5.74, 6) is 2.85. The number of hydrogen-bond donors (Lipinski definition) is 0. The van der Waals surface area contributed by atoms with Crippen LogP contribution in [0.25, 0.3) is 94.4 Å². The molecule has 0 spiro atoms. The number of rotatable bonds is 4. The molecule has 10 aromatic rings. The number of para-hydroxylation sites is 2. The van der Waals surface area contributed by atoms with Crippen molar-refractivity contribution in [2.75, 3.05) is 0 Å². The monoisotopic (exact) mass is 681 g/mol. The molecule has 1 aliphatic carbocycles. The van der Waals surface area contributed by atoms with E-state index in [-0.39, 0.29) is 11.8 Å². The van der Waals surface area contributed by atoms with Crippen LogP contribution in [0.15, 0.2) is 161 Å². The molecular formula is C48H31N3O2. The van der Waals surface area contributed by atoms with Crippen LogP contribution in [0.1, 0.15) is 30.0 Å². The zero-order valence-electron chi connectivity index (χ0n) is 28.8. The predicted molar refractivity (Wildman–Crippen MR) is 215 cm³/mol. The van der Waals surface area contributed by atoms with Gasteiger partial charge in [-0.25, -0.2) is 15.0 Å². The van der Waals surface area contributed by atoms with E-state index >= 15 is 0 Å². The number of hydrogen-bond acceptors (Lipinski definition) is 5. The van der Waals surface area contributed by atoms with E-state index in [2.05, 4.69) is 134 Å². The van der Waals surface area contributed by atoms with Crippen LogP contribution in [0.2, 0.25) is 0 Å². The third-order valence-corrected chi connectivity index (χ3v) is 10.8. The average molecular weight is 682 g/mol. The van der Waals surface area contributed by atoms with Crippen LogP contribution >= 0.6 is 0 Å². The normalized spacial score (nSPS) is 15.6. The van der Waals surface area contributed by atoms with Gasteiger partial charge in [0.1, 0.15) is 28.3 Å². The molecule has 0 aliphatic heterocycles. The first kappa shape index (κ1) is 29.8. The highest BCUT2D eigenvalue weighted by atomic mass is 16.3. The third kappa shape index (κ3) is 4.74. The second-order valence-electron chi connectivity index (χ2n) is 14.0. The molecule has 7 aromatic carbocycles. The molecule has 3 heterocycles. The van der Waals surface area contributed by atoms with Crippen LogP contribution < -0.4 is 0 Å². The quantitative estimate of drug-likeness (QED) is 0.185. The molecule has 0 saturated heterocycles. The Morgan fingerprint density at radius 1 is 0.491 bits per heavy atom. The highest BCUT2D eigenvalue weighted by Crippen LogP contribution is 2.45. The maximum absolute atomic E-state index is 6.37.